The predicted octanol–water partition coefficient (Wildman–Crippen LogP) is -1.23. The molecule has 1 unspecified atom stereocenters. The van der Waals surface area contributed by atoms with Crippen molar-refractivity contribution in [2.24, 2.45) is 5.92 Å². The first kappa shape index (κ1) is 13.9. The highest BCUT2D eigenvalue weighted by Gasteiger charge is 2.27. The topological polar surface area (TPSA) is 116 Å². The second-order valence-electron chi connectivity index (χ2n) is 3.96. The molecule has 1 saturated heterocycles. The van der Waals surface area contributed by atoms with Crippen molar-refractivity contribution >= 4 is 23.8 Å². The number of nitrogens with zero attached hydrogens (tertiary/aromatic N) is 1. The summed E-state index contributed by atoms with van der Waals surface area (Å²) in [5.41, 5.74) is 0. The highest BCUT2D eigenvalue weighted by Crippen LogP contribution is 2.02. The zero-order valence-corrected chi connectivity index (χ0v) is 9.93. The van der Waals surface area contributed by atoms with Gasteiger partial charge < -0.3 is 15.3 Å². The van der Waals surface area contributed by atoms with Crippen molar-refractivity contribution in [1.29, 1.82) is 0 Å². The standard InChI is InChI=1S/C10H15N3O5/c1-2-6(9(16)17)3-11-10(18)13-4-7(14)12-8(15)5-13/h6H,2-5H2,1H3,(H,11,18)(H,16,17)(H,12,14,15). The first-order valence-electron chi connectivity index (χ1n) is 5.52. The lowest BCUT2D eigenvalue weighted by molar-refractivity contribution is -0.142. The molecule has 0 bridgehead atoms. The molecule has 8 heteroatoms. The van der Waals surface area contributed by atoms with Crippen molar-refractivity contribution in [3.05, 3.63) is 0 Å². The second-order valence-corrected chi connectivity index (χ2v) is 3.96. The Hall–Kier alpha value is -2.12. The Bertz CT molecular complexity index is 366. The third-order valence-corrected chi connectivity index (χ3v) is 2.58. The van der Waals surface area contributed by atoms with E-state index in [-0.39, 0.29) is 19.6 Å². The number of nitrogens with one attached hydrogen (secondary N) is 2. The summed E-state index contributed by atoms with van der Waals surface area (Å²) in [7, 11) is 0. The summed E-state index contributed by atoms with van der Waals surface area (Å²) >= 11 is 0. The number of aliphatic carboxylic acids is 1. The van der Waals surface area contributed by atoms with Gasteiger partial charge in [0, 0.05) is 6.54 Å². The van der Waals surface area contributed by atoms with E-state index < -0.39 is 29.7 Å². The molecule has 1 aliphatic heterocycles. The van der Waals surface area contributed by atoms with Crippen LogP contribution in [0.25, 0.3) is 0 Å². The molecular formula is C10H15N3O5. The third kappa shape index (κ3) is 3.72. The zero-order valence-electron chi connectivity index (χ0n) is 9.93. The maximum atomic E-state index is 11.6. The molecule has 4 amide bonds. The highest BCUT2D eigenvalue weighted by molar-refractivity contribution is 6.02. The summed E-state index contributed by atoms with van der Waals surface area (Å²) in [6, 6.07) is -0.613. The van der Waals surface area contributed by atoms with Gasteiger partial charge in [0.25, 0.3) is 0 Å². The highest BCUT2D eigenvalue weighted by atomic mass is 16.4. The lowest BCUT2D eigenvalue weighted by atomic mass is 10.1. The fraction of sp³-hybridized carbons (Fsp3) is 0.600. The normalized spacial score (nSPS) is 17.1. The van der Waals surface area contributed by atoms with E-state index in [0.717, 1.165) is 4.90 Å². The third-order valence-electron chi connectivity index (χ3n) is 2.58. The number of carboxylic acid groups (broad SMARTS) is 1. The van der Waals surface area contributed by atoms with Crippen LogP contribution < -0.4 is 10.6 Å². The molecule has 3 N–H and O–H groups in total. The lowest BCUT2D eigenvalue weighted by Crippen LogP contribution is -2.56. The van der Waals surface area contributed by atoms with Crippen LogP contribution in [0.2, 0.25) is 0 Å². The van der Waals surface area contributed by atoms with Crippen LogP contribution in [0.5, 0.6) is 0 Å². The summed E-state index contributed by atoms with van der Waals surface area (Å²) in [5, 5.41) is 13.3. The average molecular weight is 257 g/mol. The Kier molecular flexibility index (Phi) is 4.64. The Labute approximate surface area is 103 Å². The number of carboxylic acids is 1. The Balaban J connectivity index is 2.47. The number of amides is 4. The molecule has 0 aromatic rings. The van der Waals surface area contributed by atoms with E-state index in [4.69, 9.17) is 5.11 Å². The van der Waals surface area contributed by atoms with E-state index in [9.17, 15) is 19.2 Å². The largest absolute Gasteiger partial charge is 0.481 e. The molecule has 0 saturated carbocycles. The van der Waals surface area contributed by atoms with Crippen molar-refractivity contribution in [3.63, 3.8) is 0 Å². The van der Waals surface area contributed by atoms with Crippen LogP contribution in [-0.2, 0) is 14.4 Å². The van der Waals surface area contributed by atoms with Crippen molar-refractivity contribution in [2.75, 3.05) is 19.6 Å². The number of rotatable bonds is 4. The molecule has 0 aromatic carbocycles. The van der Waals surface area contributed by atoms with E-state index in [0.29, 0.717) is 6.42 Å². The van der Waals surface area contributed by atoms with Gasteiger partial charge in [-0.3, -0.25) is 19.7 Å². The molecule has 1 fully saturated rings. The van der Waals surface area contributed by atoms with E-state index in [2.05, 4.69) is 10.6 Å². The van der Waals surface area contributed by atoms with Gasteiger partial charge in [0.15, 0.2) is 0 Å². The molecule has 0 aliphatic carbocycles. The number of hydrogen-bond acceptors (Lipinski definition) is 4. The lowest BCUT2D eigenvalue weighted by Gasteiger charge is -2.26. The van der Waals surface area contributed by atoms with Crippen molar-refractivity contribution in [3.8, 4) is 0 Å². The van der Waals surface area contributed by atoms with Crippen LogP contribution in [0.15, 0.2) is 0 Å². The van der Waals surface area contributed by atoms with Gasteiger partial charge in [-0.15, -0.1) is 0 Å². The summed E-state index contributed by atoms with van der Waals surface area (Å²) in [6.45, 7) is 1.25. The van der Waals surface area contributed by atoms with Crippen LogP contribution in [-0.4, -0.2) is 53.5 Å². The smallest absolute Gasteiger partial charge is 0.318 e. The molecule has 0 radical (unpaired) electrons. The fourth-order valence-corrected chi connectivity index (χ4v) is 1.51. The number of imide groups is 1. The Morgan fingerprint density at radius 2 is 1.94 bits per heavy atom. The van der Waals surface area contributed by atoms with Gasteiger partial charge in [-0.1, -0.05) is 6.92 Å². The first-order chi connectivity index (χ1) is 8.43. The van der Waals surface area contributed by atoms with Gasteiger partial charge in [-0.2, -0.15) is 0 Å². The van der Waals surface area contributed by atoms with E-state index >= 15 is 0 Å². The summed E-state index contributed by atoms with van der Waals surface area (Å²) in [4.78, 5) is 45.5. The maximum absolute atomic E-state index is 11.6. The molecule has 8 nitrogen and oxygen atoms in total. The van der Waals surface area contributed by atoms with Crippen LogP contribution in [0.1, 0.15) is 13.3 Å². The van der Waals surface area contributed by atoms with Crippen molar-refractivity contribution < 1.29 is 24.3 Å². The Morgan fingerprint density at radius 1 is 1.39 bits per heavy atom. The van der Waals surface area contributed by atoms with E-state index in [1.807, 2.05) is 0 Å². The van der Waals surface area contributed by atoms with Gasteiger partial charge >= 0.3 is 12.0 Å². The molecule has 18 heavy (non-hydrogen) atoms. The zero-order chi connectivity index (χ0) is 13.7. The minimum atomic E-state index is -0.995. The predicted molar refractivity (Wildman–Crippen MR) is 59.5 cm³/mol. The van der Waals surface area contributed by atoms with Crippen LogP contribution in [0, 0.1) is 5.92 Å². The molecule has 0 spiro atoms. The second kappa shape index (κ2) is 5.99. The number of hydrogen-bond donors (Lipinski definition) is 3. The number of piperazine rings is 1. The summed E-state index contributed by atoms with van der Waals surface area (Å²) in [6.07, 6.45) is 0.384. The number of carbonyl (C=O) groups is 4. The first-order valence-corrected chi connectivity index (χ1v) is 5.52. The van der Waals surface area contributed by atoms with Gasteiger partial charge in [-0.05, 0) is 6.42 Å². The van der Waals surface area contributed by atoms with Crippen molar-refractivity contribution in [2.45, 2.75) is 13.3 Å². The SMILES string of the molecule is CCC(CNC(=O)N1CC(=O)NC(=O)C1)C(=O)O. The molecule has 1 heterocycles. The average Bonchev–Trinajstić information content (AvgIpc) is 2.27. The van der Waals surface area contributed by atoms with E-state index in [1.54, 1.807) is 6.92 Å². The monoisotopic (exact) mass is 257 g/mol. The van der Waals surface area contributed by atoms with Gasteiger partial charge in [0.1, 0.15) is 13.1 Å². The fourth-order valence-electron chi connectivity index (χ4n) is 1.51. The molecule has 1 rings (SSSR count). The van der Waals surface area contributed by atoms with E-state index in [1.165, 1.54) is 0 Å². The maximum Gasteiger partial charge on any atom is 0.318 e. The number of urea groups is 1. The quantitative estimate of drug-likeness (QED) is 0.545. The van der Waals surface area contributed by atoms with Crippen molar-refractivity contribution in [1.82, 2.24) is 15.5 Å². The van der Waals surface area contributed by atoms with Crippen LogP contribution >= 0.6 is 0 Å². The summed E-state index contributed by atoms with van der Waals surface area (Å²) < 4.78 is 0. The van der Waals surface area contributed by atoms with Gasteiger partial charge in [-0.25, -0.2) is 4.79 Å². The molecule has 0 aromatic heterocycles. The Morgan fingerprint density at radius 3 is 2.39 bits per heavy atom. The number of carbonyl (C=O) groups excluding carboxylic acids is 3. The molecule has 1 aliphatic rings. The molecular weight excluding hydrogens is 242 g/mol. The summed E-state index contributed by atoms with van der Waals surface area (Å²) in [5.74, 6) is -2.77. The molecule has 100 valence electrons. The van der Waals surface area contributed by atoms with Crippen LogP contribution in [0.4, 0.5) is 4.79 Å². The van der Waals surface area contributed by atoms with Gasteiger partial charge in [0.05, 0.1) is 5.92 Å². The van der Waals surface area contributed by atoms with Gasteiger partial charge in [0.2, 0.25) is 11.8 Å². The minimum Gasteiger partial charge on any atom is -0.481 e. The van der Waals surface area contributed by atoms with Crippen LogP contribution in [0.3, 0.4) is 0 Å². The molecule has 1 atom stereocenters. The minimum absolute atomic E-state index is 0.0308.